The zero-order valence-corrected chi connectivity index (χ0v) is 11.7. The largest absolute Gasteiger partial charge is 0.480 e. The summed E-state index contributed by atoms with van der Waals surface area (Å²) in [6.45, 7) is 3.36. The first-order valence-corrected chi connectivity index (χ1v) is 7.09. The first-order valence-electron chi connectivity index (χ1n) is 7.09. The van der Waals surface area contributed by atoms with Crippen LogP contribution in [-0.4, -0.2) is 41.1 Å². The number of nitrogens with one attached hydrogen (secondary N) is 1. The van der Waals surface area contributed by atoms with E-state index in [2.05, 4.69) is 5.32 Å². The number of rotatable bonds is 5. The van der Waals surface area contributed by atoms with Crippen molar-refractivity contribution < 1.29 is 14.3 Å². The normalized spacial score (nSPS) is 18.7. The molecule has 0 aliphatic carbocycles. The Hall–Kier alpha value is -1.62. The Morgan fingerprint density at radius 2 is 2.10 bits per heavy atom. The highest BCUT2D eigenvalue weighted by atomic mass is 19.1. The number of para-hydroxylation sites is 1. The summed E-state index contributed by atoms with van der Waals surface area (Å²) in [5.41, 5.74) is 0.524. The molecule has 0 spiro atoms. The third kappa shape index (κ3) is 3.48. The summed E-state index contributed by atoms with van der Waals surface area (Å²) in [7, 11) is 0. The van der Waals surface area contributed by atoms with Crippen LogP contribution in [0, 0.1) is 5.82 Å². The van der Waals surface area contributed by atoms with E-state index >= 15 is 0 Å². The highest BCUT2D eigenvalue weighted by molar-refractivity contribution is 5.73. The van der Waals surface area contributed by atoms with Crippen molar-refractivity contribution in [3.8, 4) is 0 Å². The monoisotopic (exact) mass is 280 g/mol. The smallest absolute Gasteiger partial charge is 0.320 e. The number of hydrogen-bond donors (Lipinski definition) is 2. The van der Waals surface area contributed by atoms with Crippen molar-refractivity contribution in [2.24, 2.45) is 0 Å². The molecule has 20 heavy (non-hydrogen) atoms. The van der Waals surface area contributed by atoms with E-state index in [4.69, 9.17) is 5.11 Å². The summed E-state index contributed by atoms with van der Waals surface area (Å²) < 4.78 is 13.6. The van der Waals surface area contributed by atoms with Crippen LogP contribution in [-0.2, 0) is 4.79 Å². The highest BCUT2D eigenvalue weighted by Gasteiger charge is 2.28. The van der Waals surface area contributed by atoms with Gasteiger partial charge in [0.15, 0.2) is 0 Å². The minimum atomic E-state index is -0.756. The van der Waals surface area contributed by atoms with Crippen molar-refractivity contribution in [2.75, 3.05) is 18.4 Å². The average molecular weight is 280 g/mol. The van der Waals surface area contributed by atoms with Crippen LogP contribution in [0.1, 0.15) is 26.2 Å². The number of piperidine rings is 1. The van der Waals surface area contributed by atoms with Crippen molar-refractivity contribution >= 4 is 11.7 Å². The van der Waals surface area contributed by atoms with Crippen LogP contribution in [0.5, 0.6) is 0 Å². The van der Waals surface area contributed by atoms with Crippen LogP contribution in [0.15, 0.2) is 24.3 Å². The van der Waals surface area contributed by atoms with Gasteiger partial charge < -0.3 is 10.4 Å². The minimum absolute atomic E-state index is 0.203. The Labute approximate surface area is 118 Å². The number of carbonyl (C=O) groups is 1. The summed E-state index contributed by atoms with van der Waals surface area (Å²) in [5.74, 6) is -1.00. The fourth-order valence-corrected chi connectivity index (χ4v) is 2.74. The zero-order valence-electron chi connectivity index (χ0n) is 11.7. The molecule has 1 unspecified atom stereocenters. The van der Waals surface area contributed by atoms with Gasteiger partial charge in [-0.15, -0.1) is 0 Å². The van der Waals surface area contributed by atoms with Crippen LogP contribution in [0.3, 0.4) is 0 Å². The first-order chi connectivity index (χ1) is 9.61. The van der Waals surface area contributed by atoms with Crippen molar-refractivity contribution in [2.45, 2.75) is 38.3 Å². The Morgan fingerprint density at radius 3 is 2.65 bits per heavy atom. The molecule has 110 valence electrons. The van der Waals surface area contributed by atoms with Gasteiger partial charge in [-0.3, -0.25) is 9.69 Å². The molecule has 0 bridgehead atoms. The summed E-state index contributed by atoms with van der Waals surface area (Å²) in [5, 5.41) is 12.4. The number of halogens is 1. The van der Waals surface area contributed by atoms with Gasteiger partial charge in [0.2, 0.25) is 0 Å². The molecule has 0 radical (unpaired) electrons. The molecule has 0 saturated carbocycles. The summed E-state index contributed by atoms with van der Waals surface area (Å²) in [4.78, 5) is 13.1. The van der Waals surface area contributed by atoms with E-state index in [9.17, 15) is 9.18 Å². The molecule has 1 aliphatic rings. The Bertz CT molecular complexity index is 459. The van der Waals surface area contributed by atoms with Crippen molar-refractivity contribution in [3.63, 3.8) is 0 Å². The van der Waals surface area contributed by atoms with Gasteiger partial charge in [0.05, 0.1) is 5.69 Å². The molecule has 1 aromatic carbocycles. The maximum atomic E-state index is 13.6. The average Bonchev–Trinajstić information content (AvgIpc) is 2.43. The SMILES string of the molecule is CCC(C(=O)O)N1CCC(Nc2ccccc2F)CC1. The predicted molar refractivity (Wildman–Crippen MR) is 76.3 cm³/mol. The lowest BCUT2D eigenvalue weighted by atomic mass is 10.0. The topological polar surface area (TPSA) is 52.6 Å². The van der Waals surface area contributed by atoms with Gasteiger partial charge >= 0.3 is 5.97 Å². The fraction of sp³-hybridized carbons (Fsp3) is 0.533. The van der Waals surface area contributed by atoms with Gasteiger partial charge in [-0.2, -0.15) is 0 Å². The van der Waals surface area contributed by atoms with Crippen molar-refractivity contribution in [3.05, 3.63) is 30.1 Å². The maximum Gasteiger partial charge on any atom is 0.320 e. The Morgan fingerprint density at radius 1 is 1.45 bits per heavy atom. The summed E-state index contributed by atoms with van der Waals surface area (Å²) in [6.07, 6.45) is 2.27. The van der Waals surface area contributed by atoms with Crippen LogP contribution in [0.4, 0.5) is 10.1 Å². The van der Waals surface area contributed by atoms with Crippen molar-refractivity contribution in [1.82, 2.24) is 4.90 Å². The molecule has 2 N–H and O–H groups in total. The van der Waals surface area contributed by atoms with Crippen LogP contribution in [0.2, 0.25) is 0 Å². The lowest BCUT2D eigenvalue weighted by Crippen LogP contribution is -2.47. The molecule has 5 heteroatoms. The number of carboxylic acid groups (broad SMARTS) is 1. The van der Waals surface area contributed by atoms with E-state index in [1.54, 1.807) is 18.2 Å². The standard InChI is InChI=1S/C15H21FN2O2/c1-2-14(15(19)20)18-9-7-11(8-10-18)17-13-6-4-3-5-12(13)16/h3-6,11,14,17H,2,7-10H2,1H3,(H,19,20). The number of hydrogen-bond acceptors (Lipinski definition) is 3. The van der Waals surface area contributed by atoms with E-state index in [1.165, 1.54) is 6.07 Å². The first kappa shape index (κ1) is 14.8. The van der Waals surface area contributed by atoms with E-state index in [0.717, 1.165) is 25.9 Å². The molecule has 1 atom stereocenters. The minimum Gasteiger partial charge on any atom is -0.480 e. The quantitative estimate of drug-likeness (QED) is 0.870. The molecule has 1 fully saturated rings. The third-order valence-electron chi connectivity index (χ3n) is 3.88. The molecule has 1 heterocycles. The molecule has 1 saturated heterocycles. The molecule has 0 amide bonds. The number of benzene rings is 1. The Kier molecular flexibility index (Phi) is 4.95. The zero-order chi connectivity index (χ0) is 14.5. The second-order valence-electron chi connectivity index (χ2n) is 5.20. The molecular weight excluding hydrogens is 259 g/mol. The van der Waals surface area contributed by atoms with Crippen LogP contribution in [0.25, 0.3) is 0 Å². The highest BCUT2D eigenvalue weighted by Crippen LogP contribution is 2.20. The van der Waals surface area contributed by atoms with Crippen LogP contribution < -0.4 is 5.32 Å². The molecule has 0 aromatic heterocycles. The number of anilines is 1. The van der Waals surface area contributed by atoms with Gasteiger partial charge in [0.25, 0.3) is 0 Å². The molecule has 2 rings (SSSR count). The van der Waals surface area contributed by atoms with E-state index in [-0.39, 0.29) is 11.9 Å². The summed E-state index contributed by atoms with van der Waals surface area (Å²) >= 11 is 0. The van der Waals surface area contributed by atoms with Crippen LogP contribution >= 0.6 is 0 Å². The van der Waals surface area contributed by atoms with Gasteiger partial charge in [0, 0.05) is 19.1 Å². The number of aliphatic carboxylic acids is 1. The van der Waals surface area contributed by atoms with Gasteiger partial charge in [-0.1, -0.05) is 19.1 Å². The van der Waals surface area contributed by atoms with Gasteiger partial charge in [0.1, 0.15) is 11.9 Å². The van der Waals surface area contributed by atoms with E-state index < -0.39 is 12.0 Å². The van der Waals surface area contributed by atoms with Gasteiger partial charge in [-0.05, 0) is 31.4 Å². The number of carboxylic acids is 1. The molecule has 4 nitrogen and oxygen atoms in total. The molecule has 1 aromatic rings. The maximum absolute atomic E-state index is 13.6. The lowest BCUT2D eigenvalue weighted by Gasteiger charge is -2.35. The van der Waals surface area contributed by atoms with Crippen molar-refractivity contribution in [1.29, 1.82) is 0 Å². The second-order valence-corrected chi connectivity index (χ2v) is 5.20. The molecule has 1 aliphatic heterocycles. The van der Waals surface area contributed by atoms with E-state index in [0.29, 0.717) is 12.1 Å². The Balaban J connectivity index is 1.88. The predicted octanol–water partition coefficient (Wildman–Crippen LogP) is 2.57. The summed E-state index contributed by atoms with van der Waals surface area (Å²) in [6, 6.07) is 6.45. The third-order valence-corrected chi connectivity index (χ3v) is 3.88. The lowest BCUT2D eigenvalue weighted by molar-refractivity contribution is -0.143. The van der Waals surface area contributed by atoms with E-state index in [1.807, 2.05) is 11.8 Å². The second kappa shape index (κ2) is 6.70. The number of nitrogens with zero attached hydrogens (tertiary/aromatic N) is 1. The number of likely N-dealkylation sites (tertiary alicyclic amines) is 1. The van der Waals surface area contributed by atoms with Gasteiger partial charge in [-0.25, -0.2) is 4.39 Å². The fourth-order valence-electron chi connectivity index (χ4n) is 2.74. The molecular formula is C15H21FN2O2.